The van der Waals surface area contributed by atoms with Crippen LogP contribution in [0.4, 0.5) is 4.39 Å². The molecule has 3 rings (SSSR count). The summed E-state index contributed by atoms with van der Waals surface area (Å²) in [5.74, 6) is 0.481. The Morgan fingerprint density at radius 3 is 2.83 bits per heavy atom. The first-order chi connectivity index (χ1) is 11.4. The first-order valence-corrected chi connectivity index (χ1v) is 9.66. The first kappa shape index (κ1) is 16.9. The molecule has 0 radical (unpaired) electrons. The van der Waals surface area contributed by atoms with Gasteiger partial charge in [0.1, 0.15) is 23.1 Å². The van der Waals surface area contributed by atoms with E-state index in [1.54, 1.807) is 12.1 Å². The van der Waals surface area contributed by atoms with Crippen molar-refractivity contribution in [1.29, 1.82) is 0 Å². The van der Waals surface area contributed by atoms with Gasteiger partial charge in [-0.15, -0.1) is 0 Å². The van der Waals surface area contributed by atoms with Crippen LogP contribution in [-0.2, 0) is 9.84 Å². The van der Waals surface area contributed by atoms with Gasteiger partial charge in [0.05, 0.1) is 11.9 Å². The van der Waals surface area contributed by atoms with Crippen LogP contribution >= 0.6 is 0 Å². The Morgan fingerprint density at radius 2 is 2.12 bits per heavy atom. The summed E-state index contributed by atoms with van der Waals surface area (Å²) >= 11 is 0. The Bertz CT molecular complexity index is 789. The largest absolute Gasteiger partial charge is 0.492 e. The van der Waals surface area contributed by atoms with Crippen molar-refractivity contribution in [3.05, 3.63) is 42.0 Å². The number of likely N-dealkylation sites (tertiary alicyclic amines) is 1. The quantitative estimate of drug-likeness (QED) is 0.857. The maximum Gasteiger partial charge on any atom is 0.178 e. The topological polar surface area (TPSA) is 75.3 Å². The molecule has 1 aliphatic rings. The van der Waals surface area contributed by atoms with E-state index in [1.165, 1.54) is 24.6 Å². The smallest absolute Gasteiger partial charge is 0.178 e. The molecule has 2 aromatic rings. The SMILES string of the molecule is CS(=O)(=O)c1cn[nH]c1C1CCN(CCOc2ccc(F)cc2)C1. The number of aromatic nitrogens is 2. The Morgan fingerprint density at radius 1 is 1.38 bits per heavy atom. The Kier molecular flexibility index (Phi) is 4.86. The second-order valence-corrected chi connectivity index (χ2v) is 7.99. The number of halogens is 1. The van der Waals surface area contributed by atoms with Crippen molar-refractivity contribution >= 4 is 9.84 Å². The van der Waals surface area contributed by atoms with Crippen molar-refractivity contribution in [3.8, 4) is 5.75 Å². The predicted molar refractivity (Wildman–Crippen MR) is 87.4 cm³/mol. The van der Waals surface area contributed by atoms with Crippen LogP contribution in [0.15, 0.2) is 35.4 Å². The molecule has 0 saturated carbocycles. The third kappa shape index (κ3) is 3.93. The molecule has 0 spiro atoms. The monoisotopic (exact) mass is 353 g/mol. The van der Waals surface area contributed by atoms with Gasteiger partial charge in [0.25, 0.3) is 0 Å². The summed E-state index contributed by atoms with van der Waals surface area (Å²) in [6.45, 7) is 2.87. The Balaban J connectivity index is 1.53. The van der Waals surface area contributed by atoms with E-state index in [0.717, 1.165) is 26.1 Å². The number of nitrogens with zero attached hydrogens (tertiary/aromatic N) is 2. The predicted octanol–water partition coefficient (Wildman–Crippen LogP) is 1.82. The molecule has 0 bridgehead atoms. The van der Waals surface area contributed by atoms with Gasteiger partial charge in [0, 0.05) is 25.3 Å². The molecule has 1 atom stereocenters. The van der Waals surface area contributed by atoms with E-state index in [-0.39, 0.29) is 16.6 Å². The van der Waals surface area contributed by atoms with E-state index in [9.17, 15) is 12.8 Å². The van der Waals surface area contributed by atoms with Crippen LogP contribution in [0.1, 0.15) is 18.0 Å². The third-order valence-corrected chi connectivity index (χ3v) is 5.33. The molecule has 1 N–H and O–H groups in total. The number of H-pyrrole nitrogens is 1. The molecule has 0 amide bonds. The molecule has 6 nitrogen and oxygen atoms in total. The van der Waals surface area contributed by atoms with Crippen LogP contribution in [-0.4, -0.2) is 56.0 Å². The van der Waals surface area contributed by atoms with Crippen molar-refractivity contribution in [2.75, 3.05) is 32.5 Å². The van der Waals surface area contributed by atoms with Crippen molar-refractivity contribution in [2.45, 2.75) is 17.2 Å². The number of ether oxygens (including phenoxy) is 1. The number of nitrogens with one attached hydrogen (secondary N) is 1. The molecule has 1 saturated heterocycles. The van der Waals surface area contributed by atoms with Gasteiger partial charge in [-0.3, -0.25) is 10.00 Å². The second-order valence-electron chi connectivity index (χ2n) is 6.01. The van der Waals surface area contributed by atoms with Gasteiger partial charge in [0.2, 0.25) is 0 Å². The van der Waals surface area contributed by atoms with E-state index in [2.05, 4.69) is 15.1 Å². The molecule has 1 aromatic carbocycles. The maximum atomic E-state index is 12.8. The molecule has 1 unspecified atom stereocenters. The van der Waals surface area contributed by atoms with Gasteiger partial charge in [-0.1, -0.05) is 0 Å². The molecule has 24 heavy (non-hydrogen) atoms. The zero-order valence-corrected chi connectivity index (χ0v) is 14.2. The number of benzene rings is 1. The van der Waals surface area contributed by atoms with Gasteiger partial charge in [-0.25, -0.2) is 12.8 Å². The lowest BCUT2D eigenvalue weighted by Gasteiger charge is -2.16. The van der Waals surface area contributed by atoms with Crippen molar-refractivity contribution in [1.82, 2.24) is 15.1 Å². The van der Waals surface area contributed by atoms with Gasteiger partial charge in [-0.05, 0) is 37.2 Å². The van der Waals surface area contributed by atoms with Crippen LogP contribution in [0, 0.1) is 5.82 Å². The lowest BCUT2D eigenvalue weighted by molar-refractivity contribution is 0.235. The Labute approximate surface area is 140 Å². The number of sulfone groups is 1. The van der Waals surface area contributed by atoms with E-state index in [0.29, 0.717) is 18.1 Å². The highest BCUT2D eigenvalue weighted by Crippen LogP contribution is 2.29. The standard InChI is InChI=1S/C16H20FN3O3S/c1-24(21,22)15-10-18-19-16(15)12-6-7-20(11-12)8-9-23-14-4-2-13(17)3-5-14/h2-5,10,12H,6-9,11H2,1H3,(H,18,19). The van der Waals surface area contributed by atoms with Crippen molar-refractivity contribution in [3.63, 3.8) is 0 Å². The minimum Gasteiger partial charge on any atom is -0.492 e. The van der Waals surface area contributed by atoms with Crippen LogP contribution in [0.2, 0.25) is 0 Å². The fraction of sp³-hybridized carbons (Fsp3) is 0.438. The molecule has 2 heterocycles. The zero-order chi connectivity index (χ0) is 17.2. The summed E-state index contributed by atoms with van der Waals surface area (Å²) in [6.07, 6.45) is 3.46. The fourth-order valence-electron chi connectivity index (χ4n) is 2.97. The molecular formula is C16H20FN3O3S. The molecule has 1 aromatic heterocycles. The summed E-state index contributed by atoms with van der Waals surface area (Å²) in [5, 5.41) is 6.73. The van der Waals surface area contributed by atoms with Crippen LogP contribution in [0.5, 0.6) is 5.75 Å². The second kappa shape index (κ2) is 6.90. The number of hydrogen-bond donors (Lipinski definition) is 1. The highest BCUT2D eigenvalue weighted by atomic mass is 32.2. The van der Waals surface area contributed by atoms with Crippen LogP contribution < -0.4 is 4.74 Å². The summed E-state index contributed by atoms with van der Waals surface area (Å²) in [5.41, 5.74) is 0.694. The minimum absolute atomic E-state index is 0.128. The van der Waals surface area contributed by atoms with E-state index < -0.39 is 9.84 Å². The zero-order valence-electron chi connectivity index (χ0n) is 13.4. The minimum atomic E-state index is -3.27. The van der Waals surface area contributed by atoms with Crippen LogP contribution in [0.3, 0.4) is 0 Å². The van der Waals surface area contributed by atoms with Crippen molar-refractivity contribution < 1.29 is 17.5 Å². The highest BCUT2D eigenvalue weighted by molar-refractivity contribution is 7.90. The Hall–Kier alpha value is -1.93. The van der Waals surface area contributed by atoms with Gasteiger partial charge >= 0.3 is 0 Å². The average molecular weight is 353 g/mol. The van der Waals surface area contributed by atoms with E-state index in [1.807, 2.05) is 0 Å². The van der Waals surface area contributed by atoms with Gasteiger partial charge in [0.15, 0.2) is 9.84 Å². The molecule has 1 fully saturated rings. The summed E-state index contributed by atoms with van der Waals surface area (Å²) < 4.78 is 42.0. The summed E-state index contributed by atoms with van der Waals surface area (Å²) in [6, 6.07) is 5.94. The maximum absolute atomic E-state index is 12.8. The van der Waals surface area contributed by atoms with Crippen LogP contribution in [0.25, 0.3) is 0 Å². The molecular weight excluding hydrogens is 333 g/mol. The van der Waals surface area contributed by atoms with E-state index >= 15 is 0 Å². The third-order valence-electron chi connectivity index (χ3n) is 4.20. The van der Waals surface area contributed by atoms with Gasteiger partial charge < -0.3 is 4.74 Å². The summed E-state index contributed by atoms with van der Waals surface area (Å²) in [4.78, 5) is 2.51. The first-order valence-electron chi connectivity index (χ1n) is 7.77. The highest BCUT2D eigenvalue weighted by Gasteiger charge is 2.29. The molecule has 0 aliphatic carbocycles. The fourth-order valence-corrected chi connectivity index (χ4v) is 3.82. The average Bonchev–Trinajstić information content (AvgIpc) is 3.17. The number of rotatable bonds is 6. The lowest BCUT2D eigenvalue weighted by atomic mass is 10.1. The van der Waals surface area contributed by atoms with Crippen molar-refractivity contribution in [2.24, 2.45) is 0 Å². The molecule has 1 aliphatic heterocycles. The van der Waals surface area contributed by atoms with E-state index in [4.69, 9.17) is 4.74 Å². The lowest BCUT2D eigenvalue weighted by Crippen LogP contribution is -2.26. The summed E-state index contributed by atoms with van der Waals surface area (Å²) in [7, 11) is -3.27. The molecule has 130 valence electrons. The number of hydrogen-bond acceptors (Lipinski definition) is 5. The van der Waals surface area contributed by atoms with Gasteiger partial charge in [-0.2, -0.15) is 5.10 Å². The number of aromatic amines is 1. The molecule has 8 heteroatoms. The normalized spacial score (nSPS) is 18.8.